The number of ether oxygens (including phenoxy) is 1. The van der Waals surface area contributed by atoms with E-state index in [1.807, 2.05) is 13.0 Å². The molecule has 1 fully saturated rings. The first-order valence-corrected chi connectivity index (χ1v) is 9.30. The van der Waals surface area contributed by atoms with Crippen LogP contribution in [0, 0.1) is 5.92 Å². The summed E-state index contributed by atoms with van der Waals surface area (Å²) in [5.41, 5.74) is 0.754. The Morgan fingerprint density at radius 3 is 2.80 bits per heavy atom. The van der Waals surface area contributed by atoms with E-state index in [9.17, 15) is 4.79 Å². The molecule has 1 heterocycles. The number of carbonyl (C=O) groups is 1. The molecule has 1 saturated carbocycles. The molecule has 2 nitrogen and oxygen atoms in total. The molecule has 1 aliphatic carbocycles. The van der Waals surface area contributed by atoms with Gasteiger partial charge >= 0.3 is 5.97 Å². The smallest absolute Gasteiger partial charge is 0.339 e. The summed E-state index contributed by atoms with van der Waals surface area (Å²) < 4.78 is 6.44. The third-order valence-corrected chi connectivity index (χ3v) is 5.88. The molecule has 0 radical (unpaired) electrons. The number of carbonyl (C=O) groups excluding carboxylic acids is 1. The molecule has 110 valence electrons. The number of allylic oxidation sites excluding steroid dienone is 1. The molecule has 0 unspecified atom stereocenters. The number of rotatable bonds is 6. The Morgan fingerprint density at radius 1 is 1.45 bits per heavy atom. The Hall–Kier alpha value is -0.740. The molecule has 20 heavy (non-hydrogen) atoms. The van der Waals surface area contributed by atoms with E-state index in [0.29, 0.717) is 6.61 Å². The standard InChI is InChI=1S/C16H22O2S2/c1-3-18-16(17)13(9-8-12-6-4-5-7-12)14-10-11-15(19-2)20-14/h9-12H,3-8H2,1-2H3. The average molecular weight is 310 g/mol. The molecule has 1 aromatic rings. The van der Waals surface area contributed by atoms with Crippen molar-refractivity contribution in [2.24, 2.45) is 5.92 Å². The van der Waals surface area contributed by atoms with Crippen LogP contribution in [0.3, 0.4) is 0 Å². The molecular weight excluding hydrogens is 288 g/mol. The zero-order valence-corrected chi connectivity index (χ0v) is 13.8. The zero-order chi connectivity index (χ0) is 14.4. The summed E-state index contributed by atoms with van der Waals surface area (Å²) in [5, 5.41) is 0. The van der Waals surface area contributed by atoms with Gasteiger partial charge in [-0.15, -0.1) is 23.1 Å². The monoisotopic (exact) mass is 310 g/mol. The fraction of sp³-hybridized carbons (Fsp3) is 0.562. The fourth-order valence-electron chi connectivity index (χ4n) is 2.60. The van der Waals surface area contributed by atoms with Gasteiger partial charge in [0, 0.05) is 4.88 Å². The summed E-state index contributed by atoms with van der Waals surface area (Å²) in [6, 6.07) is 4.11. The van der Waals surface area contributed by atoms with Crippen LogP contribution in [-0.2, 0) is 9.53 Å². The Balaban J connectivity index is 2.14. The molecule has 0 N–H and O–H groups in total. The Bertz CT molecular complexity index is 471. The lowest BCUT2D eigenvalue weighted by atomic mass is 10.0. The molecule has 0 atom stereocenters. The lowest BCUT2D eigenvalue weighted by Crippen LogP contribution is -2.06. The zero-order valence-electron chi connectivity index (χ0n) is 12.2. The first-order chi connectivity index (χ1) is 9.74. The van der Waals surface area contributed by atoms with Crippen LogP contribution in [-0.4, -0.2) is 18.8 Å². The maximum Gasteiger partial charge on any atom is 0.339 e. The summed E-state index contributed by atoms with van der Waals surface area (Å²) in [4.78, 5) is 13.2. The minimum atomic E-state index is -0.181. The first kappa shape index (κ1) is 15.6. The van der Waals surface area contributed by atoms with Gasteiger partial charge in [-0.05, 0) is 37.7 Å². The van der Waals surface area contributed by atoms with Gasteiger partial charge in [0.1, 0.15) is 0 Å². The molecule has 1 aromatic heterocycles. The minimum Gasteiger partial charge on any atom is -0.462 e. The van der Waals surface area contributed by atoms with E-state index in [1.54, 1.807) is 23.1 Å². The number of thiophene rings is 1. The highest BCUT2D eigenvalue weighted by atomic mass is 32.2. The second-order valence-electron chi connectivity index (χ2n) is 5.05. The van der Waals surface area contributed by atoms with Gasteiger partial charge in [-0.1, -0.05) is 31.8 Å². The van der Waals surface area contributed by atoms with Gasteiger partial charge in [-0.3, -0.25) is 0 Å². The van der Waals surface area contributed by atoms with Gasteiger partial charge < -0.3 is 4.74 Å². The molecule has 2 rings (SSSR count). The van der Waals surface area contributed by atoms with E-state index in [-0.39, 0.29) is 5.97 Å². The second kappa shape index (κ2) is 7.89. The quantitative estimate of drug-likeness (QED) is 0.420. The predicted molar refractivity (Wildman–Crippen MR) is 87.3 cm³/mol. The molecular formula is C16H22O2S2. The summed E-state index contributed by atoms with van der Waals surface area (Å²) in [7, 11) is 0. The van der Waals surface area contributed by atoms with Gasteiger partial charge in [-0.2, -0.15) is 0 Å². The first-order valence-electron chi connectivity index (χ1n) is 7.26. The summed E-state index contributed by atoms with van der Waals surface area (Å²) in [6.45, 7) is 2.29. The lowest BCUT2D eigenvalue weighted by Gasteiger charge is -2.08. The van der Waals surface area contributed by atoms with Crippen LogP contribution in [0.1, 0.15) is 43.9 Å². The van der Waals surface area contributed by atoms with Crippen molar-refractivity contribution in [3.05, 3.63) is 23.1 Å². The van der Waals surface area contributed by atoms with E-state index in [0.717, 1.165) is 22.8 Å². The van der Waals surface area contributed by atoms with Crippen molar-refractivity contribution >= 4 is 34.6 Å². The van der Waals surface area contributed by atoms with Crippen molar-refractivity contribution < 1.29 is 9.53 Å². The summed E-state index contributed by atoms with van der Waals surface area (Å²) in [6.07, 6.45) is 10.4. The van der Waals surface area contributed by atoms with Crippen LogP contribution >= 0.6 is 23.1 Å². The highest BCUT2D eigenvalue weighted by Crippen LogP contribution is 2.33. The van der Waals surface area contributed by atoms with Crippen molar-refractivity contribution in [3.63, 3.8) is 0 Å². The van der Waals surface area contributed by atoms with Crippen LogP contribution in [0.4, 0.5) is 0 Å². The third-order valence-electron chi connectivity index (χ3n) is 3.67. The van der Waals surface area contributed by atoms with Crippen molar-refractivity contribution in [3.8, 4) is 0 Å². The molecule has 0 saturated heterocycles. The predicted octanol–water partition coefficient (Wildman–Crippen LogP) is 5.00. The van der Waals surface area contributed by atoms with E-state index in [1.165, 1.54) is 29.9 Å². The molecule has 0 bridgehead atoms. The van der Waals surface area contributed by atoms with Gasteiger partial charge in [0.05, 0.1) is 16.4 Å². The highest BCUT2D eigenvalue weighted by molar-refractivity contribution is 8.00. The third kappa shape index (κ3) is 4.13. The second-order valence-corrected chi connectivity index (χ2v) is 7.24. The molecule has 0 spiro atoms. The van der Waals surface area contributed by atoms with Crippen molar-refractivity contribution in [1.82, 2.24) is 0 Å². The van der Waals surface area contributed by atoms with Crippen LogP contribution in [0.15, 0.2) is 22.4 Å². The van der Waals surface area contributed by atoms with E-state index >= 15 is 0 Å². The Labute approximate surface area is 129 Å². The molecule has 0 amide bonds. The summed E-state index contributed by atoms with van der Waals surface area (Å²) >= 11 is 3.39. The maximum absolute atomic E-state index is 12.2. The van der Waals surface area contributed by atoms with Crippen LogP contribution in [0.2, 0.25) is 0 Å². The largest absolute Gasteiger partial charge is 0.462 e. The van der Waals surface area contributed by atoms with Crippen molar-refractivity contribution in [2.45, 2.75) is 43.2 Å². The molecule has 4 heteroatoms. The van der Waals surface area contributed by atoms with Crippen molar-refractivity contribution in [2.75, 3.05) is 12.9 Å². The van der Waals surface area contributed by atoms with E-state index in [4.69, 9.17) is 4.74 Å². The van der Waals surface area contributed by atoms with Gasteiger partial charge in [-0.25, -0.2) is 4.79 Å². The molecule has 0 aliphatic heterocycles. The van der Waals surface area contributed by atoms with Crippen LogP contribution in [0.25, 0.3) is 5.57 Å². The fourth-order valence-corrected chi connectivity index (χ4v) is 4.17. The van der Waals surface area contributed by atoms with Gasteiger partial charge in [0.15, 0.2) is 0 Å². The van der Waals surface area contributed by atoms with Crippen molar-refractivity contribution in [1.29, 1.82) is 0 Å². The Kier molecular flexibility index (Phi) is 6.17. The Morgan fingerprint density at radius 2 is 2.20 bits per heavy atom. The number of hydrogen-bond acceptors (Lipinski definition) is 4. The SMILES string of the molecule is CCOC(=O)C(=CCC1CCCC1)c1ccc(SC)s1. The van der Waals surface area contributed by atoms with Crippen LogP contribution in [0.5, 0.6) is 0 Å². The van der Waals surface area contributed by atoms with Gasteiger partial charge in [0.25, 0.3) is 0 Å². The van der Waals surface area contributed by atoms with E-state index < -0.39 is 0 Å². The summed E-state index contributed by atoms with van der Waals surface area (Å²) in [5.74, 6) is 0.569. The van der Waals surface area contributed by atoms with Crippen LogP contribution < -0.4 is 0 Å². The van der Waals surface area contributed by atoms with E-state index in [2.05, 4.69) is 18.4 Å². The minimum absolute atomic E-state index is 0.181. The normalized spacial score (nSPS) is 16.6. The topological polar surface area (TPSA) is 26.3 Å². The molecule has 0 aromatic carbocycles. The molecule has 1 aliphatic rings. The lowest BCUT2D eigenvalue weighted by molar-refractivity contribution is -0.136. The average Bonchev–Trinajstić information content (AvgIpc) is 3.10. The maximum atomic E-state index is 12.2. The number of esters is 1. The highest BCUT2D eigenvalue weighted by Gasteiger charge is 2.18. The van der Waals surface area contributed by atoms with Gasteiger partial charge in [0.2, 0.25) is 0 Å². The number of hydrogen-bond donors (Lipinski definition) is 0. The number of thioether (sulfide) groups is 1.